The van der Waals surface area contributed by atoms with E-state index in [1.54, 1.807) is 0 Å². The van der Waals surface area contributed by atoms with E-state index in [0.29, 0.717) is 13.0 Å². The van der Waals surface area contributed by atoms with Gasteiger partial charge in [-0.15, -0.1) is 0 Å². The number of carbonyl (C=O) groups is 1. The smallest absolute Gasteiger partial charge is 0.220 e. The fraction of sp³-hybridized carbons (Fsp3) is 0.857. The zero-order valence-electron chi connectivity index (χ0n) is 6.39. The Kier molecular flexibility index (Phi) is 4.94. The number of hydrogen-bond acceptors (Lipinski definition) is 1. The molecule has 0 spiro atoms. The molecular formula is C7H15N2O. The van der Waals surface area contributed by atoms with Crippen LogP contribution in [0.25, 0.3) is 0 Å². The van der Waals surface area contributed by atoms with Gasteiger partial charge in [0.25, 0.3) is 0 Å². The third kappa shape index (κ3) is 3.45. The number of rotatable bonds is 5. The molecule has 0 saturated carbocycles. The van der Waals surface area contributed by atoms with Crippen molar-refractivity contribution in [1.29, 1.82) is 0 Å². The molecule has 0 heterocycles. The Morgan fingerprint density at radius 2 is 2.20 bits per heavy atom. The van der Waals surface area contributed by atoms with Crippen molar-refractivity contribution >= 4 is 5.91 Å². The van der Waals surface area contributed by atoms with E-state index in [2.05, 4.69) is 0 Å². The predicted octanol–water partition coefficient (Wildman–Crippen LogP) is 0.561. The van der Waals surface area contributed by atoms with Gasteiger partial charge in [-0.1, -0.05) is 13.3 Å². The van der Waals surface area contributed by atoms with Gasteiger partial charge in [0.05, 0.1) is 0 Å². The SMILES string of the molecule is CCCC(CC[NH])C(N)=O. The molecule has 1 amide bonds. The fourth-order valence-corrected chi connectivity index (χ4v) is 0.952. The summed E-state index contributed by atoms with van der Waals surface area (Å²) in [4.78, 5) is 10.6. The molecule has 0 bridgehead atoms. The van der Waals surface area contributed by atoms with Gasteiger partial charge in [-0.2, -0.15) is 0 Å². The monoisotopic (exact) mass is 143 g/mol. The maximum atomic E-state index is 10.6. The standard InChI is InChI=1S/C7H15N2O/c1-2-3-6(4-5-8)7(9)10/h6,8H,2-5H2,1H3,(H2,9,10). The van der Waals surface area contributed by atoms with Crippen LogP contribution >= 0.6 is 0 Å². The highest BCUT2D eigenvalue weighted by atomic mass is 16.1. The third-order valence-corrected chi connectivity index (χ3v) is 1.53. The number of hydrogen-bond donors (Lipinski definition) is 1. The highest BCUT2D eigenvalue weighted by Gasteiger charge is 2.11. The normalized spacial score (nSPS) is 13.0. The number of carbonyl (C=O) groups excluding carboxylic acids is 1. The number of nitrogens with one attached hydrogen (secondary N) is 1. The average Bonchev–Trinajstić information content (AvgIpc) is 1.87. The van der Waals surface area contributed by atoms with Crippen molar-refractivity contribution in [2.24, 2.45) is 11.7 Å². The number of amides is 1. The first kappa shape index (κ1) is 9.43. The molecule has 0 aromatic heterocycles. The summed E-state index contributed by atoms with van der Waals surface area (Å²) in [6, 6.07) is 0. The van der Waals surface area contributed by atoms with Crippen LogP contribution in [0.4, 0.5) is 0 Å². The van der Waals surface area contributed by atoms with Crippen molar-refractivity contribution in [3.05, 3.63) is 0 Å². The second-order valence-corrected chi connectivity index (χ2v) is 2.43. The maximum Gasteiger partial charge on any atom is 0.220 e. The summed E-state index contributed by atoms with van der Waals surface area (Å²) in [7, 11) is 0. The summed E-state index contributed by atoms with van der Waals surface area (Å²) < 4.78 is 0. The Balaban J connectivity index is 3.61. The van der Waals surface area contributed by atoms with E-state index in [9.17, 15) is 4.79 Å². The van der Waals surface area contributed by atoms with Gasteiger partial charge in [0.15, 0.2) is 0 Å². The molecule has 3 heteroatoms. The summed E-state index contributed by atoms with van der Waals surface area (Å²) >= 11 is 0. The molecule has 59 valence electrons. The molecule has 3 nitrogen and oxygen atoms in total. The summed E-state index contributed by atoms with van der Waals surface area (Å²) in [5.41, 5.74) is 12.0. The Hall–Kier alpha value is -0.570. The molecule has 0 fully saturated rings. The van der Waals surface area contributed by atoms with Gasteiger partial charge in [0.2, 0.25) is 5.91 Å². The van der Waals surface area contributed by atoms with Crippen molar-refractivity contribution in [3.63, 3.8) is 0 Å². The Bertz CT molecular complexity index is 97.8. The van der Waals surface area contributed by atoms with Crippen molar-refractivity contribution in [2.75, 3.05) is 6.54 Å². The minimum absolute atomic E-state index is 0.0671. The molecule has 1 atom stereocenters. The second-order valence-electron chi connectivity index (χ2n) is 2.43. The summed E-state index contributed by atoms with van der Waals surface area (Å²) in [5, 5.41) is 0. The van der Waals surface area contributed by atoms with Crippen molar-refractivity contribution in [1.82, 2.24) is 5.73 Å². The fourth-order valence-electron chi connectivity index (χ4n) is 0.952. The van der Waals surface area contributed by atoms with E-state index in [1.807, 2.05) is 6.92 Å². The van der Waals surface area contributed by atoms with Gasteiger partial charge in [0.1, 0.15) is 0 Å². The van der Waals surface area contributed by atoms with Crippen LogP contribution in [0, 0.1) is 5.92 Å². The van der Waals surface area contributed by atoms with Crippen molar-refractivity contribution < 1.29 is 4.79 Å². The van der Waals surface area contributed by atoms with E-state index in [-0.39, 0.29) is 11.8 Å². The van der Waals surface area contributed by atoms with Gasteiger partial charge in [0, 0.05) is 12.5 Å². The lowest BCUT2D eigenvalue weighted by molar-refractivity contribution is -0.122. The Morgan fingerprint density at radius 3 is 2.50 bits per heavy atom. The molecule has 1 radical (unpaired) electrons. The van der Waals surface area contributed by atoms with E-state index in [1.165, 1.54) is 0 Å². The van der Waals surface area contributed by atoms with Gasteiger partial charge >= 0.3 is 0 Å². The van der Waals surface area contributed by atoms with Crippen LogP contribution in [0.15, 0.2) is 0 Å². The highest BCUT2D eigenvalue weighted by Crippen LogP contribution is 2.08. The van der Waals surface area contributed by atoms with Gasteiger partial charge < -0.3 is 5.73 Å². The highest BCUT2D eigenvalue weighted by molar-refractivity contribution is 5.76. The average molecular weight is 143 g/mol. The van der Waals surface area contributed by atoms with Crippen molar-refractivity contribution in [3.8, 4) is 0 Å². The third-order valence-electron chi connectivity index (χ3n) is 1.53. The molecule has 0 saturated heterocycles. The zero-order chi connectivity index (χ0) is 7.98. The number of primary amides is 1. The molecule has 10 heavy (non-hydrogen) atoms. The largest absolute Gasteiger partial charge is 0.369 e. The topological polar surface area (TPSA) is 66.9 Å². The molecule has 0 aliphatic carbocycles. The molecule has 0 aliphatic heterocycles. The lowest BCUT2D eigenvalue weighted by Crippen LogP contribution is -2.24. The van der Waals surface area contributed by atoms with Crippen LogP contribution < -0.4 is 11.5 Å². The van der Waals surface area contributed by atoms with Gasteiger partial charge in [-0.25, -0.2) is 0 Å². The summed E-state index contributed by atoms with van der Waals surface area (Å²) in [6.07, 6.45) is 2.41. The maximum absolute atomic E-state index is 10.6. The van der Waals surface area contributed by atoms with Crippen LogP contribution in [0.3, 0.4) is 0 Å². The summed E-state index contributed by atoms with van der Waals surface area (Å²) in [5.74, 6) is -0.323. The van der Waals surface area contributed by atoms with Crippen LogP contribution in [0.2, 0.25) is 0 Å². The predicted molar refractivity (Wildman–Crippen MR) is 40.2 cm³/mol. The lowest BCUT2D eigenvalue weighted by Gasteiger charge is -2.08. The summed E-state index contributed by atoms with van der Waals surface area (Å²) in [6.45, 7) is 2.31. The molecule has 0 aliphatic rings. The first-order chi connectivity index (χ1) is 4.72. The minimum Gasteiger partial charge on any atom is -0.369 e. The molecule has 3 N–H and O–H groups in total. The van der Waals surface area contributed by atoms with Crippen LogP contribution in [0.5, 0.6) is 0 Å². The van der Waals surface area contributed by atoms with E-state index >= 15 is 0 Å². The molecule has 0 rings (SSSR count). The molecule has 0 aromatic carbocycles. The van der Waals surface area contributed by atoms with Crippen LogP contribution in [-0.4, -0.2) is 12.5 Å². The molecular weight excluding hydrogens is 128 g/mol. The van der Waals surface area contributed by atoms with Gasteiger partial charge in [-0.05, 0) is 12.8 Å². The van der Waals surface area contributed by atoms with E-state index in [0.717, 1.165) is 12.8 Å². The van der Waals surface area contributed by atoms with Crippen LogP contribution in [-0.2, 0) is 4.79 Å². The van der Waals surface area contributed by atoms with Crippen molar-refractivity contribution in [2.45, 2.75) is 26.2 Å². The molecule has 0 aromatic rings. The Morgan fingerprint density at radius 1 is 1.60 bits per heavy atom. The van der Waals surface area contributed by atoms with E-state index < -0.39 is 0 Å². The van der Waals surface area contributed by atoms with Crippen LogP contribution in [0.1, 0.15) is 26.2 Å². The van der Waals surface area contributed by atoms with Gasteiger partial charge in [-0.3, -0.25) is 10.5 Å². The molecule has 1 unspecified atom stereocenters. The quantitative estimate of drug-likeness (QED) is 0.600. The second kappa shape index (κ2) is 5.23. The first-order valence-corrected chi connectivity index (χ1v) is 3.66. The zero-order valence-corrected chi connectivity index (χ0v) is 6.39. The Labute approximate surface area is 61.8 Å². The van der Waals surface area contributed by atoms with E-state index in [4.69, 9.17) is 11.5 Å². The first-order valence-electron chi connectivity index (χ1n) is 3.66. The number of nitrogens with two attached hydrogens (primary N) is 1. The minimum atomic E-state index is -0.255. The lowest BCUT2D eigenvalue weighted by atomic mass is 9.99.